The van der Waals surface area contributed by atoms with Crippen LogP contribution in [-0.4, -0.2) is 69.0 Å². The molecule has 1 aliphatic carbocycles. The van der Waals surface area contributed by atoms with E-state index in [0.29, 0.717) is 38.4 Å². The number of piperidine rings is 1. The number of carbonyl (C=O) groups excluding carboxylic acids is 2. The van der Waals surface area contributed by atoms with Crippen LogP contribution < -0.4 is 5.32 Å². The van der Waals surface area contributed by atoms with Gasteiger partial charge in [0.1, 0.15) is 6.04 Å². The molecule has 2 aromatic rings. The molecule has 1 aliphatic heterocycles. The molecule has 2 heterocycles. The van der Waals surface area contributed by atoms with E-state index in [4.69, 9.17) is 4.74 Å². The Bertz CT molecular complexity index is 989. The molecular weight excluding hydrogens is 498 g/mol. The standard InChI is InChI=1S/C29H43N5O3S/c1-2-19-37-29(24-11-7-4-8-12-24)14-17-33(18-15-29)27(35)26(20-23-9-5-3-6-10-23)34(38)28(36)31-16-13-25-21-30-22-32-25/h3,5-6,9-10,21-22,24,26,38H,2,4,7-8,11-20H2,1H3,(H,30,32)(H,31,36). The first-order valence-corrected chi connectivity index (χ1v) is 14.6. The Balaban J connectivity index is 1.42. The number of urea groups is 1. The van der Waals surface area contributed by atoms with Gasteiger partial charge < -0.3 is 19.9 Å². The second-order valence-corrected chi connectivity index (χ2v) is 11.1. The predicted octanol–water partition coefficient (Wildman–Crippen LogP) is 4.79. The number of nitrogens with zero attached hydrogens (tertiary/aromatic N) is 3. The fourth-order valence-electron chi connectivity index (χ4n) is 5.98. The van der Waals surface area contributed by atoms with Gasteiger partial charge in [0.2, 0.25) is 5.91 Å². The fraction of sp³-hybridized carbons (Fsp3) is 0.621. The van der Waals surface area contributed by atoms with E-state index in [9.17, 15) is 9.59 Å². The van der Waals surface area contributed by atoms with Gasteiger partial charge in [-0.25, -0.2) is 9.78 Å². The number of nitrogens with one attached hydrogen (secondary N) is 2. The summed E-state index contributed by atoms with van der Waals surface area (Å²) in [5.41, 5.74) is 1.73. The Morgan fingerprint density at radius 2 is 1.95 bits per heavy atom. The Hall–Kier alpha value is -2.52. The molecular formula is C29H43N5O3S. The summed E-state index contributed by atoms with van der Waals surface area (Å²) < 4.78 is 7.84. The molecule has 0 bridgehead atoms. The highest BCUT2D eigenvalue weighted by molar-refractivity contribution is 7.78. The maximum atomic E-state index is 13.9. The first-order valence-electron chi connectivity index (χ1n) is 14.2. The number of hydrogen-bond donors (Lipinski definition) is 3. The number of H-pyrrole nitrogens is 1. The maximum absolute atomic E-state index is 13.9. The first-order chi connectivity index (χ1) is 18.5. The predicted molar refractivity (Wildman–Crippen MR) is 152 cm³/mol. The molecule has 1 saturated heterocycles. The summed E-state index contributed by atoms with van der Waals surface area (Å²) in [7, 11) is 0. The Morgan fingerprint density at radius 1 is 1.21 bits per heavy atom. The van der Waals surface area contributed by atoms with Gasteiger partial charge in [0.15, 0.2) is 0 Å². The van der Waals surface area contributed by atoms with E-state index in [-0.39, 0.29) is 17.5 Å². The summed E-state index contributed by atoms with van der Waals surface area (Å²) >= 11 is 4.55. The topological polar surface area (TPSA) is 90.6 Å². The lowest BCUT2D eigenvalue weighted by Crippen LogP contribution is -2.57. The molecule has 1 saturated carbocycles. The van der Waals surface area contributed by atoms with E-state index in [1.54, 1.807) is 12.5 Å². The van der Waals surface area contributed by atoms with Crippen LogP contribution in [0.4, 0.5) is 4.79 Å². The van der Waals surface area contributed by atoms with E-state index in [0.717, 1.165) is 37.1 Å². The molecule has 208 valence electrons. The van der Waals surface area contributed by atoms with Gasteiger partial charge >= 0.3 is 6.03 Å². The number of benzene rings is 1. The van der Waals surface area contributed by atoms with Crippen molar-refractivity contribution < 1.29 is 14.3 Å². The molecule has 8 nitrogen and oxygen atoms in total. The molecule has 4 rings (SSSR count). The number of imidazole rings is 1. The molecule has 1 aromatic heterocycles. The molecule has 1 atom stereocenters. The van der Waals surface area contributed by atoms with Gasteiger partial charge in [0, 0.05) is 45.3 Å². The third-order valence-corrected chi connectivity index (χ3v) is 8.60. The van der Waals surface area contributed by atoms with Crippen LogP contribution in [0.25, 0.3) is 0 Å². The molecule has 3 amide bonds. The lowest BCUT2D eigenvalue weighted by atomic mass is 9.72. The highest BCUT2D eigenvalue weighted by Crippen LogP contribution is 2.42. The van der Waals surface area contributed by atoms with Crippen LogP contribution in [0.3, 0.4) is 0 Å². The van der Waals surface area contributed by atoms with Crippen molar-refractivity contribution in [1.29, 1.82) is 0 Å². The van der Waals surface area contributed by atoms with E-state index in [1.165, 1.54) is 36.4 Å². The van der Waals surface area contributed by atoms with Gasteiger partial charge in [-0.05, 0) is 43.6 Å². The molecule has 2 aliphatic rings. The summed E-state index contributed by atoms with van der Waals surface area (Å²) in [5, 5.41) is 2.89. The normalized spacial score (nSPS) is 18.6. The number of thiol groups is 1. The zero-order valence-electron chi connectivity index (χ0n) is 22.6. The number of hydrogen-bond acceptors (Lipinski definition) is 5. The van der Waals surface area contributed by atoms with E-state index >= 15 is 0 Å². The number of amides is 3. The van der Waals surface area contributed by atoms with Crippen LogP contribution in [0.15, 0.2) is 42.9 Å². The van der Waals surface area contributed by atoms with Gasteiger partial charge in [-0.15, -0.1) is 0 Å². The molecule has 1 aromatic carbocycles. The van der Waals surface area contributed by atoms with Crippen molar-refractivity contribution in [3.8, 4) is 0 Å². The molecule has 2 N–H and O–H groups in total. The van der Waals surface area contributed by atoms with Crippen molar-refractivity contribution in [1.82, 2.24) is 24.5 Å². The summed E-state index contributed by atoms with van der Waals surface area (Å²) in [6, 6.07) is 8.75. The first kappa shape index (κ1) is 28.5. The van der Waals surface area contributed by atoms with Crippen LogP contribution in [-0.2, 0) is 22.4 Å². The molecule has 2 fully saturated rings. The summed E-state index contributed by atoms with van der Waals surface area (Å²) in [5.74, 6) is 0.515. The average Bonchev–Trinajstić information content (AvgIpc) is 3.49. The van der Waals surface area contributed by atoms with Crippen molar-refractivity contribution in [3.63, 3.8) is 0 Å². The molecule has 9 heteroatoms. The number of aromatic nitrogens is 2. The molecule has 0 spiro atoms. The molecule has 1 unspecified atom stereocenters. The van der Waals surface area contributed by atoms with E-state index < -0.39 is 6.04 Å². The van der Waals surface area contributed by atoms with Crippen LogP contribution in [0.5, 0.6) is 0 Å². The van der Waals surface area contributed by atoms with E-state index in [1.807, 2.05) is 35.2 Å². The minimum absolute atomic E-state index is 0.0564. The molecule has 38 heavy (non-hydrogen) atoms. The van der Waals surface area contributed by atoms with Crippen LogP contribution in [0, 0.1) is 5.92 Å². The number of rotatable bonds is 11. The summed E-state index contributed by atoms with van der Waals surface area (Å²) in [4.78, 5) is 36.0. The number of likely N-dealkylation sites (tertiary alicyclic amines) is 1. The van der Waals surface area contributed by atoms with E-state index in [2.05, 4.69) is 35.0 Å². The van der Waals surface area contributed by atoms with Gasteiger partial charge in [0.25, 0.3) is 0 Å². The lowest BCUT2D eigenvalue weighted by Gasteiger charge is -2.48. The summed E-state index contributed by atoms with van der Waals surface area (Å²) in [6.07, 6.45) is 13.4. The van der Waals surface area contributed by atoms with Crippen LogP contribution in [0.1, 0.15) is 69.5 Å². The Labute approximate surface area is 232 Å². The largest absolute Gasteiger partial charge is 0.375 e. The third-order valence-electron chi connectivity index (χ3n) is 8.14. The van der Waals surface area contributed by atoms with Crippen molar-refractivity contribution in [3.05, 3.63) is 54.1 Å². The smallest absolute Gasteiger partial charge is 0.327 e. The van der Waals surface area contributed by atoms with Crippen LogP contribution in [0.2, 0.25) is 0 Å². The number of carbonyl (C=O) groups is 2. The summed E-state index contributed by atoms with van der Waals surface area (Å²) in [6.45, 7) is 4.63. The van der Waals surface area contributed by atoms with Gasteiger partial charge in [-0.3, -0.25) is 9.10 Å². The second kappa shape index (κ2) is 14.0. The van der Waals surface area contributed by atoms with Crippen LogP contribution >= 0.6 is 12.8 Å². The monoisotopic (exact) mass is 541 g/mol. The zero-order chi connectivity index (χ0) is 26.8. The lowest BCUT2D eigenvalue weighted by molar-refractivity contribution is -0.150. The second-order valence-electron chi connectivity index (χ2n) is 10.7. The number of ether oxygens (including phenoxy) is 1. The highest BCUT2D eigenvalue weighted by atomic mass is 32.1. The zero-order valence-corrected chi connectivity index (χ0v) is 23.5. The minimum atomic E-state index is -0.704. The average molecular weight is 542 g/mol. The van der Waals surface area contributed by atoms with Crippen molar-refractivity contribution >= 4 is 24.8 Å². The highest BCUT2D eigenvalue weighted by Gasteiger charge is 2.44. The molecule has 0 radical (unpaired) electrons. The maximum Gasteiger partial charge on any atom is 0.327 e. The minimum Gasteiger partial charge on any atom is -0.375 e. The van der Waals surface area contributed by atoms with Gasteiger partial charge in [0.05, 0.1) is 17.6 Å². The quantitative estimate of drug-likeness (QED) is 0.357. The van der Waals surface area contributed by atoms with Crippen molar-refractivity contribution in [2.75, 3.05) is 26.2 Å². The van der Waals surface area contributed by atoms with Crippen molar-refractivity contribution in [2.24, 2.45) is 5.92 Å². The van der Waals surface area contributed by atoms with Crippen molar-refractivity contribution in [2.45, 2.75) is 82.8 Å². The van der Waals surface area contributed by atoms with Gasteiger partial charge in [-0.1, -0.05) is 69.3 Å². The number of aromatic amines is 1. The Kier molecular flexibility index (Phi) is 10.5. The third kappa shape index (κ3) is 7.32. The fourth-order valence-corrected chi connectivity index (χ4v) is 6.24. The Morgan fingerprint density at radius 3 is 2.61 bits per heavy atom. The van der Waals surface area contributed by atoms with Gasteiger partial charge in [-0.2, -0.15) is 0 Å². The SMILES string of the molecule is CCCOC1(C2CCCCC2)CCN(C(=O)C(Cc2ccccc2)N(S)C(=O)NCCc2c[nH]cn2)CC1.